The SMILES string of the molecule is CCc1cc(C(F)(C(F)(F)F)C(F)(F)C(F)(F)F)cc(C)c1C1(OC)C=CC=CC1C(N)=O. The van der Waals surface area contributed by atoms with E-state index >= 15 is 4.39 Å². The Morgan fingerprint density at radius 1 is 1.03 bits per heavy atom. The van der Waals surface area contributed by atoms with E-state index < -0.39 is 46.9 Å². The molecule has 3 nitrogen and oxygen atoms in total. The lowest BCUT2D eigenvalue weighted by atomic mass is 9.72. The molecule has 3 atom stereocenters. The van der Waals surface area contributed by atoms with E-state index in [0.717, 1.165) is 14.0 Å². The molecule has 0 aromatic heterocycles. The van der Waals surface area contributed by atoms with Crippen molar-refractivity contribution in [3.8, 4) is 0 Å². The molecule has 0 saturated carbocycles. The number of rotatable bonds is 6. The summed E-state index contributed by atoms with van der Waals surface area (Å²) in [5.41, 5.74) is -4.82. The summed E-state index contributed by atoms with van der Waals surface area (Å²) in [6, 6.07) is 0.549. The predicted molar refractivity (Wildman–Crippen MR) is 100 cm³/mol. The molecular weight excluding hydrogens is 469 g/mol. The summed E-state index contributed by atoms with van der Waals surface area (Å²) in [5, 5.41) is 0. The standard InChI is InChI=1S/C21H20F9NO2/c1-4-12-10-13(18(22,20(25,26)27)19(23,24)21(28,29)30)9-11(2)15(12)17(33-3)8-6-5-7-14(17)16(31)32/h5-10,14H,4H2,1-3H3,(H2,31,32). The summed E-state index contributed by atoms with van der Waals surface area (Å²) >= 11 is 0. The van der Waals surface area contributed by atoms with Gasteiger partial charge in [0.1, 0.15) is 5.60 Å². The van der Waals surface area contributed by atoms with Gasteiger partial charge in [-0.2, -0.15) is 35.1 Å². The molecule has 0 fully saturated rings. The van der Waals surface area contributed by atoms with Crippen LogP contribution in [-0.4, -0.2) is 31.3 Å². The van der Waals surface area contributed by atoms with Crippen LogP contribution in [0.5, 0.6) is 0 Å². The Kier molecular flexibility index (Phi) is 6.79. The summed E-state index contributed by atoms with van der Waals surface area (Å²) in [5.74, 6) is -8.89. The van der Waals surface area contributed by atoms with Crippen LogP contribution in [0.3, 0.4) is 0 Å². The molecule has 0 radical (unpaired) electrons. The lowest BCUT2D eigenvalue weighted by Gasteiger charge is -2.40. The molecule has 12 heteroatoms. The fourth-order valence-corrected chi connectivity index (χ4v) is 4.08. The van der Waals surface area contributed by atoms with Gasteiger partial charge in [0.2, 0.25) is 5.91 Å². The van der Waals surface area contributed by atoms with Crippen LogP contribution in [0.15, 0.2) is 36.4 Å². The van der Waals surface area contributed by atoms with Crippen LogP contribution >= 0.6 is 0 Å². The molecule has 0 bridgehead atoms. The monoisotopic (exact) mass is 489 g/mol. The number of nitrogens with two attached hydrogens (primary N) is 1. The van der Waals surface area contributed by atoms with E-state index in [-0.39, 0.29) is 29.2 Å². The van der Waals surface area contributed by atoms with Crippen molar-refractivity contribution in [2.24, 2.45) is 11.7 Å². The lowest BCUT2D eigenvalue weighted by Crippen LogP contribution is -2.59. The molecule has 0 aliphatic heterocycles. The van der Waals surface area contributed by atoms with E-state index in [1.165, 1.54) is 31.2 Å². The van der Waals surface area contributed by atoms with Crippen LogP contribution in [0, 0.1) is 12.8 Å². The van der Waals surface area contributed by atoms with Crippen LogP contribution in [0.25, 0.3) is 0 Å². The first kappa shape index (κ1) is 26.7. The smallest absolute Gasteiger partial charge is 0.369 e. The highest BCUT2D eigenvalue weighted by atomic mass is 19.4. The Morgan fingerprint density at radius 3 is 2.03 bits per heavy atom. The number of benzene rings is 1. The number of halogens is 9. The fraction of sp³-hybridized carbons (Fsp3) is 0.476. The van der Waals surface area contributed by atoms with Gasteiger partial charge in [-0.25, -0.2) is 4.39 Å². The second-order valence-corrected chi connectivity index (χ2v) is 7.53. The zero-order chi connectivity index (χ0) is 25.6. The minimum absolute atomic E-state index is 0.000462. The molecule has 33 heavy (non-hydrogen) atoms. The number of amides is 1. The Morgan fingerprint density at radius 2 is 1.61 bits per heavy atom. The highest BCUT2D eigenvalue weighted by Crippen LogP contribution is 2.59. The van der Waals surface area contributed by atoms with Crippen molar-refractivity contribution in [3.05, 3.63) is 58.7 Å². The Hall–Kier alpha value is -2.50. The molecule has 2 rings (SSSR count). The van der Waals surface area contributed by atoms with Crippen LogP contribution in [0.2, 0.25) is 0 Å². The fourth-order valence-electron chi connectivity index (χ4n) is 4.08. The number of allylic oxidation sites excluding steroid dienone is 2. The molecule has 0 saturated heterocycles. The molecule has 184 valence electrons. The van der Waals surface area contributed by atoms with E-state index in [9.17, 15) is 39.9 Å². The third kappa shape index (κ3) is 3.91. The highest BCUT2D eigenvalue weighted by molar-refractivity contribution is 5.81. The van der Waals surface area contributed by atoms with Crippen LogP contribution < -0.4 is 5.73 Å². The maximum absolute atomic E-state index is 15.0. The van der Waals surface area contributed by atoms with Gasteiger partial charge < -0.3 is 10.5 Å². The van der Waals surface area contributed by atoms with E-state index in [1.54, 1.807) is 0 Å². The average Bonchev–Trinajstić information content (AvgIpc) is 2.70. The van der Waals surface area contributed by atoms with E-state index in [1.807, 2.05) is 0 Å². The summed E-state index contributed by atoms with van der Waals surface area (Å²) < 4.78 is 128. The van der Waals surface area contributed by atoms with Gasteiger partial charge in [0.15, 0.2) is 0 Å². The van der Waals surface area contributed by atoms with Crippen LogP contribution in [-0.2, 0) is 27.2 Å². The molecule has 1 aromatic carbocycles. The first-order valence-corrected chi connectivity index (χ1v) is 9.47. The molecule has 1 aliphatic rings. The highest BCUT2D eigenvalue weighted by Gasteiger charge is 2.81. The molecule has 0 heterocycles. The Labute approximate surface area is 183 Å². The van der Waals surface area contributed by atoms with Crippen molar-refractivity contribution < 1.29 is 49.0 Å². The van der Waals surface area contributed by atoms with Crippen molar-refractivity contribution in [3.63, 3.8) is 0 Å². The maximum atomic E-state index is 15.0. The van der Waals surface area contributed by atoms with Crippen molar-refractivity contribution in [1.82, 2.24) is 0 Å². The van der Waals surface area contributed by atoms with E-state index in [2.05, 4.69) is 0 Å². The lowest BCUT2D eigenvalue weighted by molar-refractivity contribution is -0.389. The van der Waals surface area contributed by atoms with Crippen molar-refractivity contribution in [2.45, 2.75) is 49.8 Å². The number of carbonyl (C=O) groups excluding carboxylic acids is 1. The third-order valence-corrected chi connectivity index (χ3v) is 5.63. The Balaban J connectivity index is 2.92. The number of aryl methyl sites for hydroxylation is 2. The number of carbonyl (C=O) groups is 1. The second kappa shape index (κ2) is 8.37. The summed E-state index contributed by atoms with van der Waals surface area (Å²) in [4.78, 5) is 12.0. The van der Waals surface area contributed by atoms with Gasteiger partial charge in [0.25, 0.3) is 0 Å². The number of hydrogen-bond donors (Lipinski definition) is 1. The largest absolute Gasteiger partial charge is 0.457 e. The number of methoxy groups -OCH3 is 1. The molecular formula is C21H20F9NO2. The number of alkyl halides is 9. The summed E-state index contributed by atoms with van der Waals surface area (Å²) in [6.45, 7) is 2.45. The first-order chi connectivity index (χ1) is 14.9. The first-order valence-electron chi connectivity index (χ1n) is 9.47. The quantitative estimate of drug-likeness (QED) is 0.533. The van der Waals surface area contributed by atoms with Gasteiger partial charge in [-0.05, 0) is 36.1 Å². The zero-order valence-corrected chi connectivity index (χ0v) is 17.5. The van der Waals surface area contributed by atoms with Gasteiger partial charge in [-0.1, -0.05) is 37.3 Å². The van der Waals surface area contributed by atoms with Crippen molar-refractivity contribution in [2.75, 3.05) is 7.11 Å². The van der Waals surface area contributed by atoms with E-state index in [4.69, 9.17) is 10.5 Å². The summed E-state index contributed by atoms with van der Waals surface area (Å²) in [6.07, 6.45) is -8.11. The summed E-state index contributed by atoms with van der Waals surface area (Å²) in [7, 11) is 1.15. The minimum atomic E-state index is -6.84. The minimum Gasteiger partial charge on any atom is -0.369 e. The van der Waals surface area contributed by atoms with Crippen molar-refractivity contribution >= 4 is 5.91 Å². The second-order valence-electron chi connectivity index (χ2n) is 7.53. The number of ether oxygens (including phenoxy) is 1. The van der Waals surface area contributed by atoms with Gasteiger partial charge in [-0.3, -0.25) is 4.79 Å². The molecule has 2 N–H and O–H groups in total. The average molecular weight is 489 g/mol. The number of primary amides is 1. The predicted octanol–water partition coefficient (Wildman–Crippen LogP) is 5.55. The topological polar surface area (TPSA) is 52.3 Å². The molecule has 1 amide bonds. The molecule has 1 aliphatic carbocycles. The van der Waals surface area contributed by atoms with Gasteiger partial charge in [0.05, 0.1) is 5.92 Å². The van der Waals surface area contributed by atoms with Gasteiger partial charge in [-0.15, -0.1) is 0 Å². The van der Waals surface area contributed by atoms with Crippen LogP contribution in [0.1, 0.15) is 29.2 Å². The molecule has 1 aromatic rings. The van der Waals surface area contributed by atoms with Crippen LogP contribution in [0.4, 0.5) is 39.5 Å². The van der Waals surface area contributed by atoms with Gasteiger partial charge >= 0.3 is 23.9 Å². The van der Waals surface area contributed by atoms with E-state index in [0.29, 0.717) is 6.07 Å². The molecule has 0 spiro atoms. The molecule has 3 unspecified atom stereocenters. The van der Waals surface area contributed by atoms with Gasteiger partial charge in [0, 0.05) is 12.7 Å². The third-order valence-electron chi connectivity index (χ3n) is 5.63. The van der Waals surface area contributed by atoms with Crippen molar-refractivity contribution in [1.29, 1.82) is 0 Å². The maximum Gasteiger partial charge on any atom is 0.457 e. The normalized spacial score (nSPS) is 23.5. The number of hydrogen-bond acceptors (Lipinski definition) is 2. The Bertz CT molecular complexity index is 981. The zero-order valence-electron chi connectivity index (χ0n) is 17.5.